The molecule has 0 aliphatic carbocycles. The molecule has 0 radical (unpaired) electrons. The van der Waals surface area contributed by atoms with Crippen molar-refractivity contribution in [2.75, 3.05) is 0 Å². The van der Waals surface area contributed by atoms with Gasteiger partial charge in [-0.1, -0.05) is 42.5 Å². The summed E-state index contributed by atoms with van der Waals surface area (Å²) in [6.45, 7) is 0. The molecular formula is C15H10OS. The average Bonchev–Trinajstić information content (AvgIpc) is 2.88. The molecule has 82 valence electrons. The lowest BCUT2D eigenvalue weighted by molar-refractivity contribution is -0.109. The van der Waals surface area contributed by atoms with Crippen molar-refractivity contribution in [1.82, 2.24) is 0 Å². The van der Waals surface area contributed by atoms with Crippen molar-refractivity contribution in [3.8, 4) is 11.8 Å². The predicted molar refractivity (Wildman–Crippen MR) is 71.7 cm³/mol. The summed E-state index contributed by atoms with van der Waals surface area (Å²) in [4.78, 5) is 12.4. The number of allylic oxidation sites excluding steroid dienone is 1. The largest absolute Gasteiger partial charge is 0.280 e. The van der Waals surface area contributed by atoms with Crippen LogP contribution in [0.15, 0.2) is 53.9 Å². The Morgan fingerprint density at radius 1 is 1.12 bits per heavy atom. The standard InChI is InChI=1S/C15H10OS/c16-14(10-11-15-7-4-12-17-15)9-8-13-5-2-1-3-6-13/h1-9,12H/b9-8+. The highest BCUT2D eigenvalue weighted by atomic mass is 32.1. The Hall–Kier alpha value is -2.11. The van der Waals surface area contributed by atoms with Crippen LogP contribution in [0.3, 0.4) is 0 Å². The summed E-state index contributed by atoms with van der Waals surface area (Å²) in [5.41, 5.74) is 0.999. The maximum Gasteiger partial charge on any atom is 0.229 e. The highest BCUT2D eigenvalue weighted by Crippen LogP contribution is 2.05. The van der Waals surface area contributed by atoms with Crippen LogP contribution in [-0.4, -0.2) is 5.78 Å². The van der Waals surface area contributed by atoms with Crippen molar-refractivity contribution in [3.05, 3.63) is 64.4 Å². The molecule has 0 aliphatic heterocycles. The molecule has 2 rings (SSSR count). The van der Waals surface area contributed by atoms with Crippen molar-refractivity contribution in [2.45, 2.75) is 0 Å². The summed E-state index contributed by atoms with van der Waals surface area (Å²) < 4.78 is 0. The molecule has 0 fully saturated rings. The van der Waals surface area contributed by atoms with E-state index < -0.39 is 0 Å². The fourth-order valence-electron chi connectivity index (χ4n) is 1.25. The van der Waals surface area contributed by atoms with Gasteiger partial charge in [0.05, 0.1) is 4.88 Å². The lowest BCUT2D eigenvalue weighted by Gasteiger charge is -1.88. The first-order chi connectivity index (χ1) is 8.34. The Kier molecular flexibility index (Phi) is 3.90. The van der Waals surface area contributed by atoms with E-state index in [-0.39, 0.29) is 5.78 Å². The highest BCUT2D eigenvalue weighted by Gasteiger charge is 1.90. The number of hydrogen-bond acceptors (Lipinski definition) is 2. The van der Waals surface area contributed by atoms with Crippen molar-refractivity contribution < 1.29 is 4.79 Å². The number of thiophene rings is 1. The molecular weight excluding hydrogens is 228 g/mol. The van der Waals surface area contributed by atoms with Crippen molar-refractivity contribution in [3.63, 3.8) is 0 Å². The lowest BCUT2D eigenvalue weighted by atomic mass is 10.2. The summed E-state index contributed by atoms with van der Waals surface area (Å²) in [5, 5.41) is 1.94. The molecule has 0 unspecified atom stereocenters. The van der Waals surface area contributed by atoms with Gasteiger partial charge in [-0.2, -0.15) is 0 Å². The minimum atomic E-state index is -0.178. The predicted octanol–water partition coefficient (Wildman–Crippen LogP) is 3.38. The molecule has 1 nitrogen and oxygen atoms in total. The number of hydrogen-bond donors (Lipinski definition) is 0. The smallest absolute Gasteiger partial charge is 0.229 e. The van der Waals surface area contributed by atoms with Gasteiger partial charge in [-0.3, -0.25) is 4.79 Å². The minimum Gasteiger partial charge on any atom is -0.280 e. The Morgan fingerprint density at radius 2 is 1.94 bits per heavy atom. The minimum absolute atomic E-state index is 0.178. The molecule has 2 heteroatoms. The fraction of sp³-hybridized carbons (Fsp3) is 0. The first kappa shape index (κ1) is 11.4. The van der Waals surface area contributed by atoms with Gasteiger partial charge in [-0.05, 0) is 34.9 Å². The zero-order valence-corrected chi connectivity index (χ0v) is 9.91. The highest BCUT2D eigenvalue weighted by molar-refractivity contribution is 7.10. The Bertz CT molecular complexity index is 568. The second-order valence-electron chi connectivity index (χ2n) is 3.34. The summed E-state index contributed by atoms with van der Waals surface area (Å²) in [6.07, 6.45) is 3.27. The number of ketones is 1. The van der Waals surface area contributed by atoms with Crippen LogP contribution in [0.1, 0.15) is 10.4 Å². The summed E-state index contributed by atoms with van der Waals surface area (Å²) in [7, 11) is 0. The number of carbonyl (C=O) groups is 1. The lowest BCUT2D eigenvalue weighted by Crippen LogP contribution is -1.85. The third-order valence-electron chi connectivity index (χ3n) is 2.06. The number of benzene rings is 1. The van der Waals surface area contributed by atoms with Crippen LogP contribution in [0.5, 0.6) is 0 Å². The number of rotatable bonds is 2. The summed E-state index contributed by atoms with van der Waals surface area (Å²) >= 11 is 1.53. The normalized spacial score (nSPS) is 9.88. The molecule has 0 spiro atoms. The Morgan fingerprint density at radius 3 is 2.65 bits per heavy atom. The van der Waals surface area contributed by atoms with E-state index in [0.717, 1.165) is 10.4 Å². The maximum absolute atomic E-state index is 11.5. The van der Waals surface area contributed by atoms with Crippen LogP contribution >= 0.6 is 11.3 Å². The second-order valence-corrected chi connectivity index (χ2v) is 4.28. The van der Waals surface area contributed by atoms with Crippen LogP contribution in [-0.2, 0) is 4.79 Å². The van der Waals surface area contributed by atoms with E-state index in [1.165, 1.54) is 17.4 Å². The Balaban J connectivity index is 2.01. The molecule has 0 N–H and O–H groups in total. The molecule has 2 aromatic rings. The molecule has 0 bridgehead atoms. The zero-order chi connectivity index (χ0) is 11.9. The molecule has 1 aromatic carbocycles. The molecule has 1 aromatic heterocycles. The topological polar surface area (TPSA) is 17.1 Å². The first-order valence-corrected chi connectivity index (χ1v) is 6.05. The van der Waals surface area contributed by atoms with E-state index in [1.807, 2.05) is 47.8 Å². The van der Waals surface area contributed by atoms with Gasteiger partial charge in [0.25, 0.3) is 0 Å². The average molecular weight is 238 g/mol. The SMILES string of the molecule is O=C(C#Cc1cccs1)/C=C/c1ccccc1. The monoisotopic (exact) mass is 238 g/mol. The fourth-order valence-corrected chi connectivity index (χ4v) is 1.82. The van der Waals surface area contributed by atoms with E-state index in [4.69, 9.17) is 0 Å². The van der Waals surface area contributed by atoms with Crippen molar-refractivity contribution in [1.29, 1.82) is 0 Å². The molecule has 0 aliphatic rings. The van der Waals surface area contributed by atoms with Gasteiger partial charge in [0.15, 0.2) is 0 Å². The summed E-state index contributed by atoms with van der Waals surface area (Å²) in [6, 6.07) is 13.5. The molecule has 17 heavy (non-hydrogen) atoms. The van der Waals surface area contributed by atoms with E-state index in [9.17, 15) is 4.79 Å². The molecule has 0 saturated carbocycles. The van der Waals surface area contributed by atoms with Gasteiger partial charge in [0.1, 0.15) is 0 Å². The van der Waals surface area contributed by atoms with E-state index in [2.05, 4.69) is 11.8 Å². The van der Waals surface area contributed by atoms with E-state index in [1.54, 1.807) is 6.08 Å². The molecule has 0 amide bonds. The van der Waals surface area contributed by atoms with Crippen molar-refractivity contribution in [2.24, 2.45) is 0 Å². The van der Waals surface area contributed by atoms with Crippen LogP contribution in [0.2, 0.25) is 0 Å². The number of carbonyl (C=O) groups excluding carboxylic acids is 1. The van der Waals surface area contributed by atoms with Gasteiger partial charge in [0, 0.05) is 0 Å². The van der Waals surface area contributed by atoms with Crippen LogP contribution < -0.4 is 0 Å². The second kappa shape index (κ2) is 5.83. The van der Waals surface area contributed by atoms with Gasteiger partial charge < -0.3 is 0 Å². The Labute approximate surface area is 104 Å². The third-order valence-corrected chi connectivity index (χ3v) is 2.84. The van der Waals surface area contributed by atoms with Crippen LogP contribution in [0.25, 0.3) is 6.08 Å². The first-order valence-electron chi connectivity index (χ1n) is 5.17. The van der Waals surface area contributed by atoms with Crippen molar-refractivity contribution >= 4 is 23.2 Å². The van der Waals surface area contributed by atoms with Gasteiger partial charge in [0.2, 0.25) is 5.78 Å². The van der Waals surface area contributed by atoms with Gasteiger partial charge in [-0.15, -0.1) is 11.3 Å². The molecule has 1 heterocycles. The van der Waals surface area contributed by atoms with E-state index in [0.29, 0.717) is 0 Å². The van der Waals surface area contributed by atoms with Crippen LogP contribution in [0.4, 0.5) is 0 Å². The molecule has 0 saturated heterocycles. The maximum atomic E-state index is 11.5. The molecule has 0 atom stereocenters. The van der Waals surface area contributed by atoms with Gasteiger partial charge >= 0.3 is 0 Å². The van der Waals surface area contributed by atoms with Crippen LogP contribution in [0, 0.1) is 11.8 Å². The zero-order valence-electron chi connectivity index (χ0n) is 9.09. The third kappa shape index (κ3) is 3.75. The van der Waals surface area contributed by atoms with E-state index >= 15 is 0 Å². The summed E-state index contributed by atoms with van der Waals surface area (Å²) in [5.74, 6) is 5.24. The quantitative estimate of drug-likeness (QED) is 0.579. The van der Waals surface area contributed by atoms with Gasteiger partial charge in [-0.25, -0.2) is 0 Å².